The third-order valence-corrected chi connectivity index (χ3v) is 13.1. The van der Waals surface area contributed by atoms with Gasteiger partial charge in [0.2, 0.25) is 0 Å². The minimum absolute atomic E-state index is 0.132. The quantitative estimate of drug-likeness (QED) is 0.155. The summed E-state index contributed by atoms with van der Waals surface area (Å²) in [6.07, 6.45) is 12.3. The molecule has 0 unspecified atom stereocenters. The van der Waals surface area contributed by atoms with Gasteiger partial charge in [0.05, 0.1) is 21.3 Å². The van der Waals surface area contributed by atoms with Crippen molar-refractivity contribution in [2.45, 2.75) is 67.8 Å². The van der Waals surface area contributed by atoms with Crippen molar-refractivity contribution in [2.24, 2.45) is 10.8 Å². The number of thioether (sulfide) groups is 2. The second-order valence-electron chi connectivity index (χ2n) is 16.2. The molecule has 4 nitrogen and oxygen atoms in total. The zero-order valence-corrected chi connectivity index (χ0v) is 33.4. The van der Waals surface area contributed by atoms with E-state index in [1.165, 1.54) is 44.5 Å². The molecule has 3 aliphatic rings. The lowest BCUT2D eigenvalue weighted by molar-refractivity contribution is 0.0641. The summed E-state index contributed by atoms with van der Waals surface area (Å²) in [5.74, 6) is 3.41. The Morgan fingerprint density at radius 3 is 1.81 bits per heavy atom. The predicted molar refractivity (Wildman–Crippen MR) is 218 cm³/mol. The van der Waals surface area contributed by atoms with Crippen LogP contribution in [0.15, 0.2) is 94.7 Å². The summed E-state index contributed by atoms with van der Waals surface area (Å²) in [5, 5.41) is 2.27. The first-order valence-corrected chi connectivity index (χ1v) is 20.5. The summed E-state index contributed by atoms with van der Waals surface area (Å²) in [6, 6.07) is 28.3. The lowest BCUT2D eigenvalue weighted by atomic mass is 9.52. The molecule has 2 aliphatic carbocycles. The molecule has 52 heavy (non-hydrogen) atoms. The second-order valence-corrected chi connectivity index (χ2v) is 18.0. The van der Waals surface area contributed by atoms with Crippen LogP contribution in [0.3, 0.4) is 0 Å². The molecule has 0 N–H and O–H groups in total. The zero-order chi connectivity index (χ0) is 36.6. The molecule has 0 amide bonds. The molecule has 1 heterocycles. The van der Waals surface area contributed by atoms with Gasteiger partial charge < -0.3 is 18.9 Å². The van der Waals surface area contributed by atoms with Crippen LogP contribution in [0.25, 0.3) is 28.0 Å². The molecular weight excluding hydrogens is 681 g/mol. The van der Waals surface area contributed by atoms with Gasteiger partial charge >= 0.3 is 0 Å². The average Bonchev–Trinajstić information content (AvgIpc) is 3.40. The topological polar surface area (TPSA) is 36.9 Å². The van der Waals surface area contributed by atoms with E-state index in [-0.39, 0.29) is 16.2 Å². The summed E-state index contributed by atoms with van der Waals surface area (Å²) in [5.41, 5.74) is 7.92. The van der Waals surface area contributed by atoms with E-state index in [1.54, 1.807) is 33.1 Å². The number of fused-ring (bicyclic) bond motifs is 10. The third kappa shape index (κ3) is 5.35. The normalized spacial score (nSPS) is 18.3. The Hall–Kier alpha value is -4.00. The lowest BCUT2D eigenvalue weighted by Crippen LogP contribution is -2.44. The summed E-state index contributed by atoms with van der Waals surface area (Å²) in [7, 11) is 5.19. The van der Waals surface area contributed by atoms with E-state index in [1.807, 2.05) is 36.0 Å². The maximum Gasteiger partial charge on any atom is 0.178 e. The van der Waals surface area contributed by atoms with Crippen LogP contribution in [0.2, 0.25) is 0 Å². The van der Waals surface area contributed by atoms with Gasteiger partial charge in [-0.1, -0.05) is 64.1 Å². The molecule has 0 radical (unpaired) electrons. The Morgan fingerprint density at radius 1 is 0.654 bits per heavy atom. The van der Waals surface area contributed by atoms with Gasteiger partial charge in [0.1, 0.15) is 23.0 Å². The van der Waals surface area contributed by atoms with Gasteiger partial charge in [-0.25, -0.2) is 0 Å². The van der Waals surface area contributed by atoms with Crippen LogP contribution in [0.4, 0.5) is 0 Å². The largest absolute Gasteiger partial charge is 0.497 e. The Bertz CT molecular complexity index is 2170. The van der Waals surface area contributed by atoms with E-state index in [4.69, 9.17) is 18.9 Å². The van der Waals surface area contributed by atoms with E-state index in [9.17, 15) is 0 Å². The number of methoxy groups -OCH3 is 3. The summed E-state index contributed by atoms with van der Waals surface area (Å²) >= 11 is 3.53. The standard InChI is InChI=1S/C46H48O4S2/c1-43(2)25-44(3,4)27-45(26-43)37-22-32(51-8)18-19-33(37)40-35-23-38(49-7)39(52-9)24-36(35)42-34(41(40)45)20-21-46(50-42,28-10-14-30(47-5)15-11-28)29-12-16-31(48-6)17-13-29/h10-24H,25-27H2,1-9H3. The molecule has 1 aliphatic heterocycles. The molecule has 5 aromatic rings. The first kappa shape index (κ1) is 35.1. The Balaban J connectivity index is 1.50. The first-order chi connectivity index (χ1) is 24.9. The molecule has 8 rings (SSSR count). The fraction of sp³-hybridized carbons (Fsp3) is 0.348. The van der Waals surface area contributed by atoms with Gasteiger partial charge in [-0.15, -0.1) is 23.5 Å². The van der Waals surface area contributed by atoms with Gasteiger partial charge in [-0.05, 0) is 125 Å². The van der Waals surface area contributed by atoms with Crippen molar-refractivity contribution < 1.29 is 18.9 Å². The summed E-state index contributed by atoms with van der Waals surface area (Å²) in [4.78, 5) is 2.39. The highest BCUT2D eigenvalue weighted by molar-refractivity contribution is 7.98. The highest BCUT2D eigenvalue weighted by Gasteiger charge is 2.55. The molecule has 0 atom stereocenters. The molecule has 6 heteroatoms. The average molecular weight is 729 g/mol. The van der Waals surface area contributed by atoms with Crippen LogP contribution in [-0.4, -0.2) is 33.8 Å². The van der Waals surface area contributed by atoms with Gasteiger partial charge in [0.25, 0.3) is 0 Å². The summed E-state index contributed by atoms with van der Waals surface area (Å²) < 4.78 is 25.0. The number of benzene rings is 5. The van der Waals surface area contributed by atoms with Crippen molar-refractivity contribution >= 4 is 40.4 Å². The lowest BCUT2D eigenvalue weighted by Gasteiger charge is -2.52. The van der Waals surface area contributed by atoms with Crippen molar-refractivity contribution in [3.63, 3.8) is 0 Å². The van der Waals surface area contributed by atoms with E-state index in [2.05, 4.69) is 107 Å². The Labute approximate surface area is 317 Å². The van der Waals surface area contributed by atoms with Crippen molar-refractivity contribution in [3.8, 4) is 34.1 Å². The maximum atomic E-state index is 7.71. The minimum Gasteiger partial charge on any atom is -0.497 e. The third-order valence-electron chi connectivity index (χ3n) is 11.6. The van der Waals surface area contributed by atoms with Gasteiger partial charge in [-0.2, -0.15) is 0 Å². The SMILES string of the molecule is COc1ccc(C2(c3ccc(OC)cc3)C=Cc3c4c(c5cc(OC)c(SC)cc5c3O2)-c2ccc(SC)cc2C42CC(C)(C)CC(C)(C)C2)cc1. The van der Waals surface area contributed by atoms with Crippen LogP contribution < -0.4 is 18.9 Å². The van der Waals surface area contributed by atoms with Crippen LogP contribution in [0, 0.1) is 10.8 Å². The summed E-state index contributed by atoms with van der Waals surface area (Å²) in [6.45, 7) is 9.88. The van der Waals surface area contributed by atoms with Crippen LogP contribution >= 0.6 is 23.5 Å². The van der Waals surface area contributed by atoms with Gasteiger partial charge in [0.15, 0.2) is 5.60 Å². The molecule has 0 aromatic heterocycles. The van der Waals surface area contributed by atoms with E-state index in [0.717, 1.165) is 57.2 Å². The molecule has 1 fully saturated rings. The molecule has 1 saturated carbocycles. The predicted octanol–water partition coefficient (Wildman–Crippen LogP) is 12.2. The van der Waals surface area contributed by atoms with E-state index in [0.29, 0.717) is 0 Å². The Kier molecular flexibility index (Phi) is 8.46. The molecule has 0 saturated heterocycles. The molecular formula is C46H48O4S2. The molecule has 1 spiro atoms. The second kappa shape index (κ2) is 12.6. The Morgan fingerprint density at radius 2 is 1.27 bits per heavy atom. The van der Waals surface area contributed by atoms with Gasteiger partial charge in [-0.3, -0.25) is 0 Å². The van der Waals surface area contributed by atoms with E-state index < -0.39 is 5.60 Å². The number of hydrogen-bond acceptors (Lipinski definition) is 6. The number of ether oxygens (including phenoxy) is 4. The number of hydrogen-bond donors (Lipinski definition) is 0. The zero-order valence-electron chi connectivity index (χ0n) is 31.7. The fourth-order valence-corrected chi connectivity index (χ4v) is 11.3. The minimum atomic E-state index is -0.901. The smallest absolute Gasteiger partial charge is 0.178 e. The van der Waals surface area contributed by atoms with E-state index >= 15 is 0 Å². The van der Waals surface area contributed by atoms with Crippen LogP contribution in [0.5, 0.6) is 23.0 Å². The molecule has 0 bridgehead atoms. The van der Waals surface area contributed by atoms with Gasteiger partial charge in [0, 0.05) is 37.3 Å². The first-order valence-electron chi connectivity index (χ1n) is 18.0. The van der Waals surface area contributed by atoms with Crippen molar-refractivity contribution in [2.75, 3.05) is 33.8 Å². The molecule has 5 aromatic carbocycles. The fourth-order valence-electron chi connectivity index (χ4n) is 10.3. The van der Waals surface area contributed by atoms with Crippen molar-refractivity contribution in [1.29, 1.82) is 0 Å². The van der Waals surface area contributed by atoms with Crippen molar-refractivity contribution in [1.82, 2.24) is 0 Å². The van der Waals surface area contributed by atoms with Crippen LogP contribution in [-0.2, 0) is 11.0 Å². The van der Waals surface area contributed by atoms with Crippen LogP contribution in [0.1, 0.15) is 74.8 Å². The molecule has 268 valence electrons. The maximum absolute atomic E-state index is 7.71. The van der Waals surface area contributed by atoms with Crippen molar-refractivity contribution in [3.05, 3.63) is 113 Å². The number of rotatable bonds is 7. The highest BCUT2D eigenvalue weighted by Crippen LogP contribution is 2.67. The monoisotopic (exact) mass is 728 g/mol. The highest BCUT2D eigenvalue weighted by atomic mass is 32.2.